The van der Waals surface area contributed by atoms with Gasteiger partial charge in [0.25, 0.3) is 0 Å². The third-order valence-corrected chi connectivity index (χ3v) is 4.36. The van der Waals surface area contributed by atoms with Crippen molar-refractivity contribution in [3.05, 3.63) is 71.4 Å². The van der Waals surface area contributed by atoms with Crippen LogP contribution in [0, 0.1) is 0 Å². The molecule has 0 saturated heterocycles. The Kier molecular flexibility index (Phi) is 3.54. The first-order chi connectivity index (χ1) is 13.2. The summed E-state index contributed by atoms with van der Waals surface area (Å²) in [6, 6.07) is 15.5. The molecule has 5 rings (SSSR count). The van der Waals surface area contributed by atoms with Gasteiger partial charge in [-0.3, -0.25) is 15.1 Å². The van der Waals surface area contributed by atoms with Crippen molar-refractivity contribution in [1.82, 2.24) is 20.6 Å². The molecule has 2 aromatic heterocycles. The fraction of sp³-hybridized carbons (Fsp3) is 0.0526. The van der Waals surface area contributed by atoms with Crippen LogP contribution in [0.2, 0.25) is 0 Å². The minimum atomic E-state index is -0.465. The molecule has 0 fully saturated rings. The summed E-state index contributed by atoms with van der Waals surface area (Å²) in [5.74, 6) is 0.218. The number of hydrogen-bond donors (Lipinski definition) is 4. The molecule has 134 valence electrons. The molecule has 0 atom stereocenters. The molecule has 8 nitrogen and oxygen atoms in total. The number of anilines is 3. The van der Waals surface area contributed by atoms with E-state index in [4.69, 9.17) is 4.42 Å². The molecule has 0 unspecified atom stereocenters. The first-order valence-electron chi connectivity index (χ1n) is 8.50. The Morgan fingerprint density at radius 2 is 2.00 bits per heavy atom. The zero-order chi connectivity index (χ0) is 18.2. The first kappa shape index (κ1) is 15.5. The summed E-state index contributed by atoms with van der Waals surface area (Å²) in [6.45, 7) is 0.843. The second-order valence-corrected chi connectivity index (χ2v) is 6.18. The molecule has 8 heteroatoms. The largest absolute Gasteiger partial charge is 0.417 e. The number of benzene rings is 2. The van der Waals surface area contributed by atoms with E-state index in [2.05, 4.69) is 44.1 Å². The van der Waals surface area contributed by atoms with Crippen molar-refractivity contribution >= 4 is 28.3 Å². The van der Waals surface area contributed by atoms with Crippen LogP contribution in [-0.4, -0.2) is 21.7 Å². The van der Waals surface area contributed by atoms with Crippen LogP contribution in [0.15, 0.2) is 70.0 Å². The number of oxazole rings is 1. The molecule has 0 radical (unpaired) electrons. The number of aromatic amines is 2. The highest BCUT2D eigenvalue weighted by Gasteiger charge is 2.09. The average molecular weight is 360 g/mol. The van der Waals surface area contributed by atoms with Crippen LogP contribution in [0.1, 0.15) is 0 Å². The van der Waals surface area contributed by atoms with Crippen molar-refractivity contribution in [2.75, 3.05) is 16.9 Å². The number of rotatable bonds is 4. The lowest BCUT2D eigenvalue weighted by Crippen LogP contribution is -2.27. The summed E-state index contributed by atoms with van der Waals surface area (Å²) in [6.07, 6.45) is 4.08. The molecule has 4 N–H and O–H groups in total. The Balaban J connectivity index is 1.35. The predicted octanol–water partition coefficient (Wildman–Crippen LogP) is 3.09. The highest BCUT2D eigenvalue weighted by atomic mass is 16.4. The highest BCUT2D eigenvalue weighted by molar-refractivity contribution is 5.78. The fourth-order valence-corrected chi connectivity index (χ4v) is 3.05. The van der Waals surface area contributed by atoms with Gasteiger partial charge < -0.3 is 9.73 Å². The molecule has 0 saturated carbocycles. The van der Waals surface area contributed by atoms with Gasteiger partial charge in [0.15, 0.2) is 11.4 Å². The summed E-state index contributed by atoms with van der Waals surface area (Å²) in [5.41, 5.74) is 8.23. The van der Waals surface area contributed by atoms with Gasteiger partial charge in [0.2, 0.25) is 0 Å². The number of fused-ring (bicyclic) bond motifs is 1. The van der Waals surface area contributed by atoms with E-state index in [0.717, 1.165) is 29.2 Å². The van der Waals surface area contributed by atoms with Crippen molar-refractivity contribution in [3.63, 3.8) is 0 Å². The van der Waals surface area contributed by atoms with Crippen LogP contribution in [0.25, 0.3) is 22.4 Å². The van der Waals surface area contributed by atoms with Crippen LogP contribution < -0.4 is 21.5 Å². The molecular weight excluding hydrogens is 344 g/mol. The Hall–Kier alpha value is -3.78. The molecule has 0 amide bonds. The van der Waals surface area contributed by atoms with Gasteiger partial charge in [0, 0.05) is 24.5 Å². The third-order valence-electron chi connectivity index (χ3n) is 4.36. The van der Waals surface area contributed by atoms with E-state index in [1.54, 1.807) is 12.1 Å². The molecule has 2 aromatic carbocycles. The number of hydrazine groups is 1. The van der Waals surface area contributed by atoms with E-state index in [0.29, 0.717) is 16.9 Å². The number of H-pyrrole nitrogens is 2. The van der Waals surface area contributed by atoms with Crippen LogP contribution >= 0.6 is 0 Å². The fourth-order valence-electron chi connectivity index (χ4n) is 3.05. The van der Waals surface area contributed by atoms with Crippen LogP contribution in [0.5, 0.6) is 0 Å². The lowest BCUT2D eigenvalue weighted by atomic mass is 10.1. The van der Waals surface area contributed by atoms with Crippen molar-refractivity contribution in [1.29, 1.82) is 0 Å². The van der Waals surface area contributed by atoms with Crippen molar-refractivity contribution in [3.8, 4) is 11.3 Å². The zero-order valence-electron chi connectivity index (χ0n) is 14.2. The summed E-state index contributed by atoms with van der Waals surface area (Å²) in [7, 11) is 0. The number of nitrogens with zero attached hydrogens (tertiary/aromatic N) is 2. The first-order valence-corrected chi connectivity index (χ1v) is 8.50. The second kappa shape index (κ2) is 6.19. The lowest BCUT2D eigenvalue weighted by molar-refractivity contribution is 0.555. The molecule has 27 heavy (non-hydrogen) atoms. The SMILES string of the molecule is O=c1[nH]c2cc(Nc3cc(-c4ccc(N5C=CCN5)cc4)[nH]n3)ccc2o1. The smallest absolute Gasteiger partial charge is 0.408 e. The van der Waals surface area contributed by atoms with E-state index in [9.17, 15) is 4.79 Å². The van der Waals surface area contributed by atoms with E-state index in [1.807, 2.05) is 35.5 Å². The van der Waals surface area contributed by atoms with Gasteiger partial charge in [0.05, 0.1) is 16.9 Å². The maximum Gasteiger partial charge on any atom is 0.417 e. The van der Waals surface area contributed by atoms with E-state index in [-0.39, 0.29) is 0 Å². The van der Waals surface area contributed by atoms with E-state index >= 15 is 0 Å². The molecule has 3 heterocycles. The van der Waals surface area contributed by atoms with Crippen LogP contribution in [-0.2, 0) is 0 Å². The standard InChI is InChI=1S/C19H16N6O2/c26-19-22-16-10-13(4-7-17(16)27-19)21-18-11-15(23-24-18)12-2-5-14(6-3-12)25-9-1-8-20-25/h1-7,9-11,20H,8H2,(H,22,26)(H2,21,23,24). The minimum absolute atomic E-state index is 0.465. The molecule has 1 aliphatic heterocycles. The van der Waals surface area contributed by atoms with Crippen LogP contribution in [0.4, 0.5) is 17.2 Å². The molecule has 0 bridgehead atoms. The van der Waals surface area contributed by atoms with E-state index < -0.39 is 5.76 Å². The maximum atomic E-state index is 11.3. The van der Waals surface area contributed by atoms with Crippen molar-refractivity contribution in [2.45, 2.75) is 0 Å². The maximum absolute atomic E-state index is 11.3. The monoisotopic (exact) mass is 360 g/mol. The van der Waals surface area contributed by atoms with Gasteiger partial charge in [-0.05, 0) is 35.9 Å². The summed E-state index contributed by atoms with van der Waals surface area (Å²) in [5, 5.41) is 12.6. The quantitative estimate of drug-likeness (QED) is 0.446. The molecule has 0 aliphatic carbocycles. The lowest BCUT2D eigenvalue weighted by Gasteiger charge is -2.16. The predicted molar refractivity (Wildman–Crippen MR) is 104 cm³/mol. The summed E-state index contributed by atoms with van der Waals surface area (Å²) < 4.78 is 5.01. The second-order valence-electron chi connectivity index (χ2n) is 6.18. The molecular formula is C19H16N6O2. The van der Waals surface area contributed by atoms with Gasteiger partial charge in [0.1, 0.15) is 0 Å². The Bertz CT molecular complexity index is 1180. The number of nitrogens with one attached hydrogen (secondary N) is 4. The van der Waals surface area contributed by atoms with Crippen molar-refractivity contribution in [2.24, 2.45) is 0 Å². The number of aromatic nitrogens is 3. The highest BCUT2D eigenvalue weighted by Crippen LogP contribution is 2.25. The van der Waals surface area contributed by atoms with Gasteiger partial charge >= 0.3 is 5.76 Å². The molecule has 0 spiro atoms. The summed E-state index contributed by atoms with van der Waals surface area (Å²) in [4.78, 5) is 13.9. The molecule has 1 aliphatic rings. The van der Waals surface area contributed by atoms with E-state index in [1.165, 1.54) is 0 Å². The molecule has 4 aromatic rings. The number of hydrogen-bond acceptors (Lipinski definition) is 6. The Labute approximate surface area is 153 Å². The van der Waals surface area contributed by atoms with Gasteiger partial charge in [-0.2, -0.15) is 5.10 Å². The third kappa shape index (κ3) is 2.98. The topological polar surface area (TPSA) is 102 Å². The summed E-state index contributed by atoms with van der Waals surface area (Å²) >= 11 is 0. The van der Waals surface area contributed by atoms with Gasteiger partial charge in [-0.15, -0.1) is 0 Å². The van der Waals surface area contributed by atoms with Crippen LogP contribution in [0.3, 0.4) is 0 Å². The Morgan fingerprint density at radius 3 is 2.81 bits per heavy atom. The van der Waals surface area contributed by atoms with Gasteiger partial charge in [-0.25, -0.2) is 10.2 Å². The normalized spacial score (nSPS) is 13.6. The minimum Gasteiger partial charge on any atom is -0.408 e. The average Bonchev–Trinajstić information content (AvgIpc) is 3.42. The zero-order valence-corrected chi connectivity index (χ0v) is 14.2. The Morgan fingerprint density at radius 1 is 1.11 bits per heavy atom. The van der Waals surface area contributed by atoms with Crippen molar-refractivity contribution < 1.29 is 4.42 Å². The van der Waals surface area contributed by atoms with Gasteiger partial charge in [-0.1, -0.05) is 18.2 Å².